The summed E-state index contributed by atoms with van der Waals surface area (Å²) in [5, 5.41) is 11.7. The van der Waals surface area contributed by atoms with Gasteiger partial charge in [-0.05, 0) is 18.4 Å². The fraction of sp³-hybridized carbons (Fsp3) is 0.429. The van der Waals surface area contributed by atoms with Crippen molar-refractivity contribution in [2.75, 3.05) is 12.3 Å². The van der Waals surface area contributed by atoms with Crippen LogP contribution in [0.5, 0.6) is 0 Å². The highest BCUT2D eigenvalue weighted by molar-refractivity contribution is 7.99. The first-order chi connectivity index (χ1) is 9.12. The molecule has 19 heavy (non-hydrogen) atoms. The van der Waals surface area contributed by atoms with Crippen molar-refractivity contribution in [3.63, 3.8) is 0 Å². The predicted molar refractivity (Wildman–Crippen MR) is 74.9 cm³/mol. The van der Waals surface area contributed by atoms with Gasteiger partial charge in [-0.1, -0.05) is 30.3 Å². The molecule has 0 bridgehead atoms. The maximum absolute atomic E-state index is 11.6. The molecule has 4 nitrogen and oxygen atoms in total. The zero-order chi connectivity index (χ0) is 13.7. The third-order valence-electron chi connectivity index (χ3n) is 3.28. The number of thioether (sulfide) groups is 1. The van der Waals surface area contributed by atoms with E-state index in [9.17, 15) is 9.59 Å². The van der Waals surface area contributed by atoms with Gasteiger partial charge in [0, 0.05) is 12.3 Å². The first kappa shape index (κ1) is 13.9. The fourth-order valence-electron chi connectivity index (χ4n) is 1.77. The van der Waals surface area contributed by atoms with Crippen molar-refractivity contribution in [1.29, 1.82) is 0 Å². The maximum atomic E-state index is 11.6. The number of amides is 1. The lowest BCUT2D eigenvalue weighted by Gasteiger charge is -2.10. The molecule has 1 aromatic rings. The molecule has 0 radical (unpaired) electrons. The molecule has 0 spiro atoms. The van der Waals surface area contributed by atoms with E-state index in [1.807, 2.05) is 30.3 Å². The zero-order valence-electron chi connectivity index (χ0n) is 10.6. The Labute approximate surface area is 116 Å². The summed E-state index contributed by atoms with van der Waals surface area (Å²) in [4.78, 5) is 22.5. The number of nitrogens with one attached hydrogen (secondary N) is 1. The molecule has 1 aliphatic rings. The van der Waals surface area contributed by atoms with Crippen LogP contribution in [0, 0.1) is 5.41 Å². The summed E-state index contributed by atoms with van der Waals surface area (Å²) in [5.74, 6) is 0.265. The van der Waals surface area contributed by atoms with Crippen LogP contribution in [-0.4, -0.2) is 29.3 Å². The second kappa shape index (κ2) is 6.10. The molecule has 5 heteroatoms. The minimum absolute atomic E-state index is 0.0894. The van der Waals surface area contributed by atoms with E-state index in [1.54, 1.807) is 0 Å². The summed E-state index contributed by atoms with van der Waals surface area (Å²) in [6.45, 7) is 0.257. The van der Waals surface area contributed by atoms with Crippen molar-refractivity contribution in [2.24, 2.45) is 5.41 Å². The number of rotatable bonds is 7. The van der Waals surface area contributed by atoms with Gasteiger partial charge in [-0.25, -0.2) is 0 Å². The summed E-state index contributed by atoms with van der Waals surface area (Å²) in [5.41, 5.74) is 0.504. The summed E-state index contributed by atoms with van der Waals surface area (Å²) in [7, 11) is 0. The van der Waals surface area contributed by atoms with E-state index < -0.39 is 11.4 Å². The van der Waals surface area contributed by atoms with E-state index in [0.717, 1.165) is 5.75 Å². The summed E-state index contributed by atoms with van der Waals surface area (Å²) in [6.07, 6.45) is 1.33. The molecule has 0 heterocycles. The van der Waals surface area contributed by atoms with E-state index in [1.165, 1.54) is 17.3 Å². The number of hydrogen-bond acceptors (Lipinski definition) is 3. The lowest BCUT2D eigenvalue weighted by atomic mass is 10.1. The Morgan fingerprint density at radius 3 is 2.53 bits per heavy atom. The second-order valence-corrected chi connectivity index (χ2v) is 5.83. The normalized spacial score (nSPS) is 15.8. The number of benzene rings is 1. The highest BCUT2D eigenvalue weighted by Crippen LogP contribution is 2.45. The largest absolute Gasteiger partial charge is 0.481 e. The fourth-order valence-corrected chi connectivity index (χ4v) is 2.59. The van der Waals surface area contributed by atoms with Crippen LogP contribution in [0.3, 0.4) is 0 Å². The molecule has 1 fully saturated rings. The van der Waals surface area contributed by atoms with Gasteiger partial charge in [-0.2, -0.15) is 0 Å². The van der Waals surface area contributed by atoms with Gasteiger partial charge in [0.25, 0.3) is 0 Å². The van der Waals surface area contributed by atoms with Crippen LogP contribution in [-0.2, 0) is 15.3 Å². The Morgan fingerprint density at radius 2 is 1.95 bits per heavy atom. The Morgan fingerprint density at radius 1 is 1.26 bits per heavy atom. The van der Waals surface area contributed by atoms with Crippen molar-refractivity contribution in [3.05, 3.63) is 35.9 Å². The third-order valence-corrected chi connectivity index (χ3v) is 4.28. The molecule has 0 aliphatic heterocycles. The molecule has 0 unspecified atom stereocenters. The van der Waals surface area contributed by atoms with Gasteiger partial charge in [0.15, 0.2) is 0 Å². The van der Waals surface area contributed by atoms with Crippen LogP contribution in [0.15, 0.2) is 30.3 Å². The van der Waals surface area contributed by atoms with E-state index in [0.29, 0.717) is 18.6 Å². The summed E-state index contributed by atoms with van der Waals surface area (Å²) in [6, 6.07) is 9.95. The minimum atomic E-state index is -0.801. The maximum Gasteiger partial charge on any atom is 0.311 e. The molecule has 1 amide bonds. The number of carboxylic acids is 1. The highest BCUT2D eigenvalue weighted by Gasteiger charge is 2.50. The van der Waals surface area contributed by atoms with E-state index in [2.05, 4.69) is 5.32 Å². The monoisotopic (exact) mass is 279 g/mol. The third kappa shape index (κ3) is 3.99. The van der Waals surface area contributed by atoms with Gasteiger partial charge >= 0.3 is 5.97 Å². The Balaban J connectivity index is 1.64. The van der Waals surface area contributed by atoms with Crippen LogP contribution in [0.1, 0.15) is 18.4 Å². The summed E-state index contributed by atoms with van der Waals surface area (Å²) < 4.78 is 0. The molecule has 2 rings (SSSR count). The number of aliphatic carboxylic acids is 1. The molecule has 1 saturated carbocycles. The number of carbonyl (C=O) groups is 2. The van der Waals surface area contributed by atoms with Gasteiger partial charge in [-0.3, -0.25) is 9.59 Å². The predicted octanol–water partition coefficient (Wildman–Crippen LogP) is 1.90. The van der Waals surface area contributed by atoms with E-state index in [-0.39, 0.29) is 12.5 Å². The second-order valence-electron chi connectivity index (χ2n) is 4.84. The van der Waals surface area contributed by atoms with Crippen molar-refractivity contribution in [2.45, 2.75) is 18.6 Å². The molecular weight excluding hydrogens is 262 g/mol. The van der Waals surface area contributed by atoms with Crippen LogP contribution >= 0.6 is 11.8 Å². The van der Waals surface area contributed by atoms with E-state index >= 15 is 0 Å². The van der Waals surface area contributed by atoms with Crippen molar-refractivity contribution < 1.29 is 14.7 Å². The van der Waals surface area contributed by atoms with Crippen molar-refractivity contribution >= 4 is 23.6 Å². The molecule has 1 aliphatic carbocycles. The van der Waals surface area contributed by atoms with Crippen molar-refractivity contribution in [1.82, 2.24) is 5.32 Å². The van der Waals surface area contributed by atoms with Crippen LogP contribution < -0.4 is 5.32 Å². The molecule has 0 aromatic heterocycles. The standard InChI is InChI=1S/C14H17NO3S/c16-12(15-10-14(6-7-14)13(17)18)9-19-8-11-4-2-1-3-5-11/h1-5H,6-10H2,(H,15,16)(H,17,18). The van der Waals surface area contributed by atoms with Gasteiger partial charge < -0.3 is 10.4 Å². The lowest BCUT2D eigenvalue weighted by Crippen LogP contribution is -2.35. The van der Waals surface area contributed by atoms with Crippen LogP contribution in [0.4, 0.5) is 0 Å². The topological polar surface area (TPSA) is 66.4 Å². The number of carboxylic acid groups (broad SMARTS) is 1. The molecule has 1 aromatic carbocycles. The molecule has 0 atom stereocenters. The molecule has 102 valence electrons. The van der Waals surface area contributed by atoms with Gasteiger partial charge in [-0.15, -0.1) is 11.8 Å². The molecule has 0 saturated heterocycles. The Bertz CT molecular complexity index is 457. The summed E-state index contributed by atoms with van der Waals surface area (Å²) >= 11 is 1.53. The zero-order valence-corrected chi connectivity index (χ0v) is 11.4. The van der Waals surface area contributed by atoms with E-state index in [4.69, 9.17) is 5.11 Å². The van der Waals surface area contributed by atoms with Crippen LogP contribution in [0.2, 0.25) is 0 Å². The average Bonchev–Trinajstić information content (AvgIpc) is 3.19. The van der Waals surface area contributed by atoms with Crippen molar-refractivity contribution in [3.8, 4) is 0 Å². The first-order valence-corrected chi connectivity index (χ1v) is 7.40. The van der Waals surface area contributed by atoms with Gasteiger partial charge in [0.05, 0.1) is 11.2 Å². The Hall–Kier alpha value is -1.49. The molecule has 2 N–H and O–H groups in total. The van der Waals surface area contributed by atoms with Gasteiger partial charge in [0.1, 0.15) is 0 Å². The van der Waals surface area contributed by atoms with Crippen LogP contribution in [0.25, 0.3) is 0 Å². The minimum Gasteiger partial charge on any atom is -0.481 e. The average molecular weight is 279 g/mol. The van der Waals surface area contributed by atoms with Gasteiger partial charge in [0.2, 0.25) is 5.91 Å². The number of carbonyl (C=O) groups excluding carboxylic acids is 1. The first-order valence-electron chi connectivity index (χ1n) is 6.24. The lowest BCUT2D eigenvalue weighted by molar-refractivity contribution is -0.143. The Kier molecular flexibility index (Phi) is 4.47. The SMILES string of the molecule is O=C(CSCc1ccccc1)NCC1(C(=O)O)CC1. The quantitative estimate of drug-likeness (QED) is 0.800. The smallest absolute Gasteiger partial charge is 0.311 e. The highest BCUT2D eigenvalue weighted by atomic mass is 32.2. The number of hydrogen-bond donors (Lipinski definition) is 2. The molecular formula is C14H17NO3S.